The van der Waals surface area contributed by atoms with Gasteiger partial charge in [0.15, 0.2) is 0 Å². The standard InChI is InChI=1S/C14H24N4/c1-4-11(8-10-6-7-10)18-14-12(5-2)13(15-3)16-9-17-14/h9-11H,4-8H2,1-3H3,(H2,15,16,17,18). The molecule has 1 aliphatic carbocycles. The highest BCUT2D eigenvalue weighted by Crippen LogP contribution is 2.35. The lowest BCUT2D eigenvalue weighted by molar-refractivity contribution is 0.584. The second-order valence-electron chi connectivity index (χ2n) is 5.08. The smallest absolute Gasteiger partial charge is 0.134 e. The van der Waals surface area contributed by atoms with Crippen LogP contribution in [0, 0.1) is 5.92 Å². The van der Waals surface area contributed by atoms with Gasteiger partial charge in [0, 0.05) is 18.7 Å². The van der Waals surface area contributed by atoms with Crippen molar-refractivity contribution < 1.29 is 0 Å². The number of anilines is 2. The van der Waals surface area contributed by atoms with Gasteiger partial charge in [-0.1, -0.05) is 26.7 Å². The summed E-state index contributed by atoms with van der Waals surface area (Å²) in [5, 5.41) is 6.74. The fourth-order valence-corrected chi connectivity index (χ4v) is 2.36. The van der Waals surface area contributed by atoms with Crippen LogP contribution < -0.4 is 10.6 Å². The van der Waals surface area contributed by atoms with Crippen LogP contribution in [0.25, 0.3) is 0 Å². The normalized spacial score (nSPS) is 16.4. The summed E-state index contributed by atoms with van der Waals surface area (Å²) in [4.78, 5) is 8.68. The van der Waals surface area contributed by atoms with Crippen LogP contribution in [0.5, 0.6) is 0 Å². The maximum Gasteiger partial charge on any atom is 0.134 e. The van der Waals surface area contributed by atoms with Crippen LogP contribution in [0.1, 0.15) is 45.1 Å². The lowest BCUT2D eigenvalue weighted by atomic mass is 10.1. The van der Waals surface area contributed by atoms with E-state index >= 15 is 0 Å². The summed E-state index contributed by atoms with van der Waals surface area (Å²) in [6.07, 6.45) is 7.82. The van der Waals surface area contributed by atoms with E-state index in [1.165, 1.54) is 24.8 Å². The Balaban J connectivity index is 2.10. The molecule has 0 amide bonds. The summed E-state index contributed by atoms with van der Waals surface area (Å²) in [5.74, 6) is 2.89. The number of rotatable bonds is 7. The average Bonchev–Trinajstić information content (AvgIpc) is 3.21. The highest BCUT2D eigenvalue weighted by molar-refractivity contribution is 5.57. The van der Waals surface area contributed by atoms with Crippen LogP contribution in [0.15, 0.2) is 6.33 Å². The topological polar surface area (TPSA) is 49.8 Å². The van der Waals surface area contributed by atoms with E-state index in [0.717, 1.165) is 30.4 Å². The van der Waals surface area contributed by atoms with Crippen molar-refractivity contribution in [2.75, 3.05) is 17.7 Å². The van der Waals surface area contributed by atoms with E-state index in [9.17, 15) is 0 Å². The molecule has 0 bridgehead atoms. The van der Waals surface area contributed by atoms with Crippen LogP contribution in [0.2, 0.25) is 0 Å². The first kappa shape index (κ1) is 13.1. The molecule has 2 N–H and O–H groups in total. The van der Waals surface area contributed by atoms with Gasteiger partial charge in [-0.3, -0.25) is 0 Å². The Hall–Kier alpha value is -1.32. The lowest BCUT2D eigenvalue weighted by Crippen LogP contribution is -2.21. The minimum Gasteiger partial charge on any atom is -0.373 e. The van der Waals surface area contributed by atoms with E-state index in [2.05, 4.69) is 34.4 Å². The van der Waals surface area contributed by atoms with Crippen molar-refractivity contribution in [2.24, 2.45) is 5.92 Å². The highest BCUT2D eigenvalue weighted by Gasteiger charge is 2.25. The number of hydrogen-bond donors (Lipinski definition) is 2. The van der Waals surface area contributed by atoms with Gasteiger partial charge < -0.3 is 10.6 Å². The quantitative estimate of drug-likeness (QED) is 0.778. The molecule has 4 heteroatoms. The SMILES string of the molecule is CCc1c(NC)ncnc1NC(CC)CC1CC1. The Morgan fingerprint density at radius 2 is 2.00 bits per heavy atom. The first-order chi connectivity index (χ1) is 8.78. The van der Waals surface area contributed by atoms with Gasteiger partial charge in [0.2, 0.25) is 0 Å². The summed E-state index contributed by atoms with van der Waals surface area (Å²) in [7, 11) is 1.91. The molecule has 1 aromatic heterocycles. The summed E-state index contributed by atoms with van der Waals surface area (Å²) in [5.41, 5.74) is 1.19. The fourth-order valence-electron chi connectivity index (χ4n) is 2.36. The molecule has 2 rings (SSSR count). The van der Waals surface area contributed by atoms with E-state index in [1.807, 2.05) is 7.05 Å². The Morgan fingerprint density at radius 1 is 1.28 bits per heavy atom. The van der Waals surface area contributed by atoms with Crippen molar-refractivity contribution >= 4 is 11.6 Å². The third kappa shape index (κ3) is 3.12. The molecule has 0 radical (unpaired) electrons. The Kier molecular flexibility index (Phi) is 4.39. The zero-order valence-electron chi connectivity index (χ0n) is 11.7. The zero-order chi connectivity index (χ0) is 13.0. The third-order valence-corrected chi connectivity index (χ3v) is 3.68. The van der Waals surface area contributed by atoms with Gasteiger partial charge >= 0.3 is 0 Å². The van der Waals surface area contributed by atoms with E-state index in [0.29, 0.717) is 6.04 Å². The van der Waals surface area contributed by atoms with Gasteiger partial charge in [0.05, 0.1) is 0 Å². The molecule has 0 saturated heterocycles. The molecule has 100 valence electrons. The lowest BCUT2D eigenvalue weighted by Gasteiger charge is -2.20. The van der Waals surface area contributed by atoms with E-state index < -0.39 is 0 Å². The van der Waals surface area contributed by atoms with Crippen LogP contribution in [-0.2, 0) is 6.42 Å². The molecule has 18 heavy (non-hydrogen) atoms. The molecule has 4 nitrogen and oxygen atoms in total. The molecule has 1 saturated carbocycles. The van der Waals surface area contributed by atoms with Crippen molar-refractivity contribution in [1.29, 1.82) is 0 Å². The molecule has 1 aromatic rings. The van der Waals surface area contributed by atoms with Gasteiger partial charge in [0.1, 0.15) is 18.0 Å². The van der Waals surface area contributed by atoms with Gasteiger partial charge in [-0.25, -0.2) is 9.97 Å². The summed E-state index contributed by atoms with van der Waals surface area (Å²) < 4.78 is 0. The summed E-state index contributed by atoms with van der Waals surface area (Å²) >= 11 is 0. The summed E-state index contributed by atoms with van der Waals surface area (Å²) in [6, 6.07) is 0.544. The number of aromatic nitrogens is 2. The van der Waals surface area contributed by atoms with Crippen LogP contribution in [-0.4, -0.2) is 23.1 Å². The van der Waals surface area contributed by atoms with Crippen molar-refractivity contribution in [2.45, 2.75) is 52.0 Å². The number of nitrogens with one attached hydrogen (secondary N) is 2. The number of hydrogen-bond acceptors (Lipinski definition) is 4. The van der Waals surface area contributed by atoms with Crippen molar-refractivity contribution in [3.63, 3.8) is 0 Å². The second kappa shape index (κ2) is 6.03. The van der Waals surface area contributed by atoms with Gasteiger partial charge in [-0.05, 0) is 25.2 Å². The molecule has 1 fully saturated rings. The predicted octanol–water partition coefficient (Wildman–Crippen LogP) is 3.07. The molecular formula is C14H24N4. The molecule has 0 aromatic carbocycles. The van der Waals surface area contributed by atoms with Gasteiger partial charge in [-0.2, -0.15) is 0 Å². The average molecular weight is 248 g/mol. The maximum atomic E-state index is 4.41. The van der Waals surface area contributed by atoms with Crippen LogP contribution in [0.4, 0.5) is 11.6 Å². The molecule has 1 atom stereocenters. The predicted molar refractivity (Wildman–Crippen MR) is 76.0 cm³/mol. The largest absolute Gasteiger partial charge is 0.373 e. The second-order valence-corrected chi connectivity index (χ2v) is 5.08. The molecule has 1 unspecified atom stereocenters. The molecule has 0 spiro atoms. The minimum absolute atomic E-state index is 0.544. The first-order valence-electron chi connectivity index (χ1n) is 7.06. The molecule has 0 aliphatic heterocycles. The monoisotopic (exact) mass is 248 g/mol. The van der Waals surface area contributed by atoms with Crippen molar-refractivity contribution in [3.8, 4) is 0 Å². The van der Waals surface area contributed by atoms with Crippen LogP contribution >= 0.6 is 0 Å². The Morgan fingerprint density at radius 3 is 2.56 bits per heavy atom. The Bertz CT molecular complexity index is 387. The van der Waals surface area contributed by atoms with E-state index in [1.54, 1.807) is 6.33 Å². The van der Waals surface area contributed by atoms with Gasteiger partial charge in [0.25, 0.3) is 0 Å². The van der Waals surface area contributed by atoms with E-state index in [4.69, 9.17) is 0 Å². The van der Waals surface area contributed by atoms with Gasteiger partial charge in [-0.15, -0.1) is 0 Å². The number of nitrogens with zero attached hydrogens (tertiary/aromatic N) is 2. The molecule has 1 heterocycles. The maximum absolute atomic E-state index is 4.41. The van der Waals surface area contributed by atoms with Crippen molar-refractivity contribution in [1.82, 2.24) is 9.97 Å². The Labute approximate surface area is 110 Å². The van der Waals surface area contributed by atoms with E-state index in [-0.39, 0.29) is 0 Å². The first-order valence-corrected chi connectivity index (χ1v) is 7.06. The summed E-state index contributed by atoms with van der Waals surface area (Å²) in [6.45, 7) is 4.39. The van der Waals surface area contributed by atoms with Crippen LogP contribution in [0.3, 0.4) is 0 Å². The zero-order valence-corrected chi connectivity index (χ0v) is 11.7. The molecular weight excluding hydrogens is 224 g/mol. The minimum atomic E-state index is 0.544. The third-order valence-electron chi connectivity index (χ3n) is 3.68. The fraction of sp³-hybridized carbons (Fsp3) is 0.714. The van der Waals surface area contributed by atoms with Crippen molar-refractivity contribution in [3.05, 3.63) is 11.9 Å². The highest BCUT2D eigenvalue weighted by atomic mass is 15.1. The molecule has 1 aliphatic rings.